The van der Waals surface area contributed by atoms with Gasteiger partial charge in [-0.05, 0) is 60.4 Å². The first-order valence-corrected chi connectivity index (χ1v) is 11.3. The van der Waals surface area contributed by atoms with Crippen molar-refractivity contribution >= 4 is 23.4 Å². The molecule has 34 heavy (non-hydrogen) atoms. The normalized spacial score (nSPS) is 17.3. The van der Waals surface area contributed by atoms with Gasteiger partial charge in [-0.25, -0.2) is 4.39 Å². The summed E-state index contributed by atoms with van der Waals surface area (Å²) in [5.41, 5.74) is 3.00. The van der Waals surface area contributed by atoms with Gasteiger partial charge in [-0.2, -0.15) is 0 Å². The number of anilines is 1. The second kappa shape index (κ2) is 9.09. The summed E-state index contributed by atoms with van der Waals surface area (Å²) in [4.78, 5) is 42.6. The molecule has 0 saturated carbocycles. The van der Waals surface area contributed by atoms with E-state index in [2.05, 4.69) is 5.32 Å². The number of nitrogens with one attached hydrogen (secondary N) is 1. The van der Waals surface area contributed by atoms with Crippen LogP contribution >= 0.6 is 0 Å². The van der Waals surface area contributed by atoms with Crippen LogP contribution in [0, 0.1) is 5.82 Å². The molecule has 0 radical (unpaired) electrons. The highest BCUT2D eigenvalue weighted by molar-refractivity contribution is 6.11. The fraction of sp³-hybridized carbons (Fsp3) is 0.222. The Hall–Kier alpha value is -4.00. The quantitative estimate of drug-likeness (QED) is 0.632. The summed E-state index contributed by atoms with van der Waals surface area (Å²) < 4.78 is 13.4. The first kappa shape index (κ1) is 21.8. The average Bonchev–Trinajstić information content (AvgIpc) is 3.33. The second-order valence-electron chi connectivity index (χ2n) is 8.61. The molecule has 0 aliphatic carbocycles. The van der Waals surface area contributed by atoms with Crippen LogP contribution in [0.4, 0.5) is 10.1 Å². The Morgan fingerprint density at radius 2 is 1.76 bits per heavy atom. The van der Waals surface area contributed by atoms with Crippen molar-refractivity contribution in [2.75, 3.05) is 11.4 Å². The third-order valence-electron chi connectivity index (χ3n) is 6.36. The van der Waals surface area contributed by atoms with E-state index in [9.17, 15) is 18.8 Å². The maximum absolute atomic E-state index is 13.5. The van der Waals surface area contributed by atoms with E-state index in [1.807, 2.05) is 12.1 Å². The fourth-order valence-electron chi connectivity index (χ4n) is 4.70. The minimum absolute atomic E-state index is 0.100. The maximum atomic E-state index is 13.5. The number of halogens is 1. The molecule has 1 saturated heterocycles. The summed E-state index contributed by atoms with van der Waals surface area (Å²) in [6.07, 6.45) is 1.46. The maximum Gasteiger partial charge on any atom is 0.256 e. The van der Waals surface area contributed by atoms with E-state index in [1.165, 1.54) is 12.1 Å². The van der Waals surface area contributed by atoms with Gasteiger partial charge in [0, 0.05) is 18.7 Å². The van der Waals surface area contributed by atoms with Crippen LogP contribution in [0.1, 0.15) is 44.7 Å². The number of para-hydroxylation sites is 1. The number of nitrogens with zero attached hydrogens (tertiary/aromatic N) is 2. The number of rotatable bonds is 5. The number of carbonyl (C=O) groups excluding carboxylic acids is 3. The van der Waals surface area contributed by atoms with Gasteiger partial charge >= 0.3 is 0 Å². The summed E-state index contributed by atoms with van der Waals surface area (Å²) in [6.45, 7) is 1.04. The molecule has 6 nitrogen and oxygen atoms in total. The standard InChI is InChI=1S/C27H24FN3O3/c28-21-9-4-6-18(15-21)16-29-25(32)20-8-3-7-19(14-20)17-31-23-11-2-1-10-22(23)26(33)30-13-5-12-24(30)27(31)34/h1-4,6-11,14-15,24H,5,12-13,16-17H2,(H,29,32). The van der Waals surface area contributed by atoms with E-state index in [0.717, 1.165) is 12.0 Å². The van der Waals surface area contributed by atoms with Crippen LogP contribution in [0.5, 0.6) is 0 Å². The first-order valence-electron chi connectivity index (χ1n) is 11.3. The van der Waals surface area contributed by atoms with E-state index in [0.29, 0.717) is 35.3 Å². The van der Waals surface area contributed by atoms with Crippen molar-refractivity contribution in [2.24, 2.45) is 0 Å². The molecule has 0 spiro atoms. The van der Waals surface area contributed by atoms with Crippen LogP contribution in [0.15, 0.2) is 72.8 Å². The van der Waals surface area contributed by atoms with E-state index in [1.54, 1.807) is 58.3 Å². The van der Waals surface area contributed by atoms with Crippen molar-refractivity contribution in [3.8, 4) is 0 Å². The van der Waals surface area contributed by atoms with Gasteiger partial charge in [0.25, 0.3) is 11.8 Å². The number of carbonyl (C=O) groups is 3. The van der Waals surface area contributed by atoms with Crippen LogP contribution in [0.2, 0.25) is 0 Å². The lowest BCUT2D eigenvalue weighted by Crippen LogP contribution is -2.44. The molecule has 3 aromatic carbocycles. The van der Waals surface area contributed by atoms with Gasteiger partial charge < -0.3 is 15.1 Å². The summed E-state index contributed by atoms with van der Waals surface area (Å²) in [7, 11) is 0. The van der Waals surface area contributed by atoms with Crippen molar-refractivity contribution in [3.05, 3.63) is 101 Å². The molecular formula is C27H24FN3O3. The Labute approximate surface area is 197 Å². The minimum atomic E-state index is -0.461. The van der Waals surface area contributed by atoms with E-state index in [4.69, 9.17) is 0 Å². The lowest BCUT2D eigenvalue weighted by Gasteiger charge is -2.26. The Bertz CT molecular complexity index is 1280. The Morgan fingerprint density at radius 3 is 2.62 bits per heavy atom. The van der Waals surface area contributed by atoms with Crippen LogP contribution in [-0.4, -0.2) is 35.2 Å². The zero-order valence-electron chi connectivity index (χ0n) is 18.5. The molecule has 2 heterocycles. The summed E-state index contributed by atoms with van der Waals surface area (Å²) in [6, 6.07) is 19.9. The minimum Gasteiger partial charge on any atom is -0.348 e. The van der Waals surface area contributed by atoms with Gasteiger partial charge in [-0.1, -0.05) is 36.4 Å². The molecule has 1 atom stereocenters. The predicted octanol–water partition coefficient (Wildman–Crippen LogP) is 3.91. The van der Waals surface area contributed by atoms with Crippen molar-refractivity contribution in [2.45, 2.75) is 32.0 Å². The van der Waals surface area contributed by atoms with Crippen molar-refractivity contribution in [1.82, 2.24) is 10.2 Å². The van der Waals surface area contributed by atoms with Gasteiger partial charge in [0.05, 0.1) is 17.8 Å². The third kappa shape index (κ3) is 4.17. The molecule has 172 valence electrons. The van der Waals surface area contributed by atoms with E-state index in [-0.39, 0.29) is 36.6 Å². The molecular weight excluding hydrogens is 433 g/mol. The number of fused-ring (bicyclic) bond motifs is 2. The molecule has 0 bridgehead atoms. The van der Waals surface area contributed by atoms with Gasteiger partial charge in [0.2, 0.25) is 5.91 Å². The largest absolute Gasteiger partial charge is 0.348 e. The topological polar surface area (TPSA) is 69.7 Å². The highest BCUT2D eigenvalue weighted by atomic mass is 19.1. The number of benzene rings is 3. The van der Waals surface area contributed by atoms with Gasteiger partial charge in [-0.3, -0.25) is 14.4 Å². The van der Waals surface area contributed by atoms with Gasteiger partial charge in [0.15, 0.2) is 0 Å². The average molecular weight is 458 g/mol. The zero-order chi connectivity index (χ0) is 23.7. The smallest absolute Gasteiger partial charge is 0.256 e. The third-order valence-corrected chi connectivity index (χ3v) is 6.36. The van der Waals surface area contributed by atoms with Crippen LogP contribution in [-0.2, 0) is 17.9 Å². The van der Waals surface area contributed by atoms with Crippen LogP contribution < -0.4 is 10.2 Å². The Kier molecular flexibility index (Phi) is 5.84. The van der Waals surface area contributed by atoms with E-state index >= 15 is 0 Å². The van der Waals surface area contributed by atoms with Crippen molar-refractivity contribution in [3.63, 3.8) is 0 Å². The summed E-state index contributed by atoms with van der Waals surface area (Å²) in [5, 5.41) is 2.81. The fourth-order valence-corrected chi connectivity index (χ4v) is 4.70. The molecule has 0 aromatic heterocycles. The summed E-state index contributed by atoms with van der Waals surface area (Å²) >= 11 is 0. The molecule has 5 rings (SSSR count). The molecule has 1 fully saturated rings. The molecule has 1 unspecified atom stereocenters. The molecule has 2 aliphatic rings. The Balaban J connectivity index is 1.38. The highest BCUT2D eigenvalue weighted by Gasteiger charge is 2.41. The van der Waals surface area contributed by atoms with Crippen molar-refractivity contribution < 1.29 is 18.8 Å². The lowest BCUT2D eigenvalue weighted by molar-refractivity contribution is -0.122. The number of hydrogen-bond acceptors (Lipinski definition) is 3. The molecule has 3 aromatic rings. The zero-order valence-corrected chi connectivity index (χ0v) is 18.5. The molecule has 7 heteroatoms. The van der Waals surface area contributed by atoms with Crippen LogP contribution in [0.3, 0.4) is 0 Å². The van der Waals surface area contributed by atoms with E-state index < -0.39 is 6.04 Å². The van der Waals surface area contributed by atoms with Crippen molar-refractivity contribution in [1.29, 1.82) is 0 Å². The highest BCUT2D eigenvalue weighted by Crippen LogP contribution is 2.33. The van der Waals surface area contributed by atoms with Gasteiger partial charge in [-0.15, -0.1) is 0 Å². The first-order chi connectivity index (χ1) is 16.5. The number of hydrogen-bond donors (Lipinski definition) is 1. The lowest BCUT2D eigenvalue weighted by atomic mass is 10.1. The number of amides is 3. The predicted molar refractivity (Wildman–Crippen MR) is 126 cm³/mol. The van der Waals surface area contributed by atoms with Gasteiger partial charge in [0.1, 0.15) is 11.9 Å². The monoisotopic (exact) mass is 457 g/mol. The summed E-state index contributed by atoms with van der Waals surface area (Å²) in [5.74, 6) is -0.850. The molecule has 3 amide bonds. The van der Waals surface area contributed by atoms with Crippen LogP contribution in [0.25, 0.3) is 0 Å². The Morgan fingerprint density at radius 1 is 0.971 bits per heavy atom. The molecule has 2 aliphatic heterocycles. The molecule has 1 N–H and O–H groups in total. The SMILES string of the molecule is O=C(NCc1cccc(F)c1)c1cccc(CN2C(=O)C3CCCN3C(=O)c3ccccc32)c1. The second-order valence-corrected chi connectivity index (χ2v) is 8.61.